The predicted molar refractivity (Wildman–Crippen MR) is 123 cm³/mol. The van der Waals surface area contributed by atoms with Gasteiger partial charge in [-0.15, -0.1) is 34.2 Å². The summed E-state index contributed by atoms with van der Waals surface area (Å²) in [5.74, 6) is 2.96. The van der Waals surface area contributed by atoms with Gasteiger partial charge in [0.2, 0.25) is 0 Å². The topological polar surface area (TPSA) is 61.6 Å². The molecule has 1 unspecified atom stereocenters. The molecule has 2 aliphatic heterocycles. The van der Waals surface area contributed by atoms with E-state index in [9.17, 15) is 0 Å². The molecule has 7 nitrogen and oxygen atoms in total. The average Bonchev–Trinajstić information content (AvgIpc) is 3.44. The maximum Gasteiger partial charge on any atom is 0.194 e. The number of rotatable bonds is 4. The fourth-order valence-electron chi connectivity index (χ4n) is 4.74. The van der Waals surface area contributed by atoms with Crippen molar-refractivity contribution < 1.29 is 0 Å². The van der Waals surface area contributed by atoms with Crippen LogP contribution in [0.3, 0.4) is 0 Å². The zero-order valence-electron chi connectivity index (χ0n) is 17.4. The summed E-state index contributed by atoms with van der Waals surface area (Å²) in [5, 5.41) is 12.2. The SMILES string of the molecule is Cc1nnc(CN=C(NC2CCCC2)N2CCC(N3CCCCC3)C2)n1C.I. The Labute approximate surface area is 186 Å². The highest BCUT2D eigenvalue weighted by molar-refractivity contribution is 14.0. The van der Waals surface area contributed by atoms with Crippen molar-refractivity contribution >= 4 is 29.9 Å². The van der Waals surface area contributed by atoms with Gasteiger partial charge < -0.3 is 14.8 Å². The zero-order chi connectivity index (χ0) is 18.6. The van der Waals surface area contributed by atoms with E-state index in [1.165, 1.54) is 64.5 Å². The highest BCUT2D eigenvalue weighted by Gasteiger charge is 2.31. The first-order chi connectivity index (χ1) is 13.2. The third-order valence-corrected chi connectivity index (χ3v) is 6.61. The largest absolute Gasteiger partial charge is 0.353 e. The summed E-state index contributed by atoms with van der Waals surface area (Å²) in [6.45, 7) is 7.35. The van der Waals surface area contributed by atoms with Crippen LogP contribution in [0.1, 0.15) is 63.0 Å². The van der Waals surface area contributed by atoms with E-state index in [0.717, 1.165) is 30.7 Å². The number of aryl methyl sites for hydroxylation is 1. The molecule has 1 N–H and O–H groups in total. The molecule has 0 bridgehead atoms. The molecule has 0 aromatic carbocycles. The number of likely N-dealkylation sites (tertiary alicyclic amines) is 2. The molecule has 0 spiro atoms. The van der Waals surface area contributed by atoms with Crippen LogP contribution < -0.4 is 5.32 Å². The van der Waals surface area contributed by atoms with Crippen LogP contribution in [0, 0.1) is 6.92 Å². The maximum atomic E-state index is 4.98. The van der Waals surface area contributed by atoms with Crippen molar-refractivity contribution in [3.8, 4) is 0 Å². The third kappa shape index (κ3) is 5.17. The summed E-state index contributed by atoms with van der Waals surface area (Å²) in [5.41, 5.74) is 0. The van der Waals surface area contributed by atoms with Crippen LogP contribution in [0.25, 0.3) is 0 Å². The van der Waals surface area contributed by atoms with E-state index >= 15 is 0 Å². The molecule has 1 atom stereocenters. The number of hydrogen-bond donors (Lipinski definition) is 1. The molecule has 1 saturated carbocycles. The molecule has 28 heavy (non-hydrogen) atoms. The van der Waals surface area contributed by atoms with Gasteiger partial charge in [-0.05, 0) is 52.1 Å². The molecule has 1 aliphatic carbocycles. The smallest absolute Gasteiger partial charge is 0.194 e. The van der Waals surface area contributed by atoms with Gasteiger partial charge in [0.05, 0.1) is 0 Å². The number of piperidine rings is 1. The standard InChI is InChI=1S/C20H35N7.HI/c1-16-23-24-19(25(16)2)14-21-20(22-17-8-4-5-9-17)27-13-10-18(15-27)26-11-6-3-7-12-26;/h17-18H,3-15H2,1-2H3,(H,21,22);1H. The lowest BCUT2D eigenvalue weighted by molar-refractivity contribution is 0.168. The van der Waals surface area contributed by atoms with Gasteiger partial charge in [-0.1, -0.05) is 19.3 Å². The summed E-state index contributed by atoms with van der Waals surface area (Å²) in [7, 11) is 2.02. The van der Waals surface area contributed by atoms with Crippen molar-refractivity contribution in [1.82, 2.24) is 29.9 Å². The fourth-order valence-corrected chi connectivity index (χ4v) is 4.74. The highest BCUT2D eigenvalue weighted by Crippen LogP contribution is 2.22. The Morgan fingerprint density at radius 1 is 1.04 bits per heavy atom. The molecular formula is C20H36IN7. The van der Waals surface area contributed by atoms with Crippen LogP contribution >= 0.6 is 24.0 Å². The van der Waals surface area contributed by atoms with Gasteiger partial charge in [-0.3, -0.25) is 4.90 Å². The maximum absolute atomic E-state index is 4.98. The van der Waals surface area contributed by atoms with Gasteiger partial charge in [0.25, 0.3) is 0 Å². The van der Waals surface area contributed by atoms with Crippen molar-refractivity contribution in [3.05, 3.63) is 11.6 Å². The minimum absolute atomic E-state index is 0. The Bertz CT molecular complexity index is 647. The van der Waals surface area contributed by atoms with Gasteiger partial charge in [0.1, 0.15) is 12.4 Å². The molecule has 4 rings (SSSR count). The number of guanidine groups is 1. The van der Waals surface area contributed by atoms with Crippen LogP contribution in [-0.4, -0.2) is 68.8 Å². The van der Waals surface area contributed by atoms with Gasteiger partial charge in [-0.25, -0.2) is 4.99 Å². The van der Waals surface area contributed by atoms with Crippen LogP contribution in [0.4, 0.5) is 0 Å². The first kappa shape index (κ1) is 21.8. The van der Waals surface area contributed by atoms with Gasteiger partial charge in [0, 0.05) is 32.2 Å². The molecule has 158 valence electrons. The second kappa shape index (κ2) is 10.2. The number of nitrogens with one attached hydrogen (secondary N) is 1. The molecule has 1 aromatic rings. The molecule has 3 fully saturated rings. The first-order valence-corrected chi connectivity index (χ1v) is 10.9. The van der Waals surface area contributed by atoms with Crippen LogP contribution in [0.15, 0.2) is 4.99 Å². The third-order valence-electron chi connectivity index (χ3n) is 6.61. The Kier molecular flexibility index (Phi) is 7.96. The fraction of sp³-hybridized carbons (Fsp3) is 0.850. The lowest BCUT2D eigenvalue weighted by Gasteiger charge is -2.32. The van der Waals surface area contributed by atoms with E-state index in [1.807, 2.05) is 18.5 Å². The van der Waals surface area contributed by atoms with Crippen molar-refractivity contribution in [1.29, 1.82) is 0 Å². The number of hydrogen-bond acceptors (Lipinski definition) is 4. The normalized spacial score (nSPS) is 24.6. The van der Waals surface area contributed by atoms with Gasteiger partial charge in [0.15, 0.2) is 11.8 Å². The summed E-state index contributed by atoms with van der Waals surface area (Å²) in [4.78, 5) is 10.2. The molecule has 1 aromatic heterocycles. The summed E-state index contributed by atoms with van der Waals surface area (Å²) < 4.78 is 2.04. The van der Waals surface area contributed by atoms with Crippen molar-refractivity contribution in [3.63, 3.8) is 0 Å². The zero-order valence-corrected chi connectivity index (χ0v) is 19.8. The van der Waals surface area contributed by atoms with E-state index in [0.29, 0.717) is 18.6 Å². The van der Waals surface area contributed by atoms with E-state index in [2.05, 4.69) is 25.3 Å². The molecule has 0 radical (unpaired) electrons. The van der Waals surface area contributed by atoms with Gasteiger partial charge in [-0.2, -0.15) is 0 Å². The van der Waals surface area contributed by atoms with Crippen LogP contribution in [0.2, 0.25) is 0 Å². The molecular weight excluding hydrogens is 465 g/mol. The first-order valence-electron chi connectivity index (χ1n) is 10.9. The van der Waals surface area contributed by atoms with E-state index in [4.69, 9.17) is 4.99 Å². The second-order valence-corrected chi connectivity index (χ2v) is 8.47. The Hall–Kier alpha value is -0.900. The molecule has 8 heteroatoms. The number of aliphatic imine (C=N–C) groups is 1. The van der Waals surface area contributed by atoms with Crippen LogP contribution in [-0.2, 0) is 13.6 Å². The van der Waals surface area contributed by atoms with E-state index in [-0.39, 0.29) is 24.0 Å². The Balaban J connectivity index is 0.00000225. The summed E-state index contributed by atoms with van der Waals surface area (Å²) in [6, 6.07) is 1.27. The number of aromatic nitrogens is 3. The van der Waals surface area contributed by atoms with Crippen LogP contribution in [0.5, 0.6) is 0 Å². The molecule has 2 saturated heterocycles. The number of halogens is 1. The predicted octanol–water partition coefficient (Wildman–Crippen LogP) is 2.69. The van der Waals surface area contributed by atoms with Crippen molar-refractivity contribution in [2.75, 3.05) is 26.2 Å². The lowest BCUT2D eigenvalue weighted by atomic mass is 10.1. The molecule has 3 aliphatic rings. The minimum atomic E-state index is 0. The summed E-state index contributed by atoms with van der Waals surface area (Å²) in [6.07, 6.45) is 10.6. The number of nitrogens with zero attached hydrogens (tertiary/aromatic N) is 6. The highest BCUT2D eigenvalue weighted by atomic mass is 127. The average molecular weight is 501 g/mol. The Morgan fingerprint density at radius 2 is 1.79 bits per heavy atom. The van der Waals surface area contributed by atoms with Gasteiger partial charge >= 0.3 is 0 Å². The lowest BCUT2D eigenvalue weighted by Crippen LogP contribution is -2.46. The van der Waals surface area contributed by atoms with Crippen molar-refractivity contribution in [2.45, 2.75) is 76.9 Å². The van der Waals surface area contributed by atoms with E-state index < -0.39 is 0 Å². The second-order valence-electron chi connectivity index (χ2n) is 8.47. The monoisotopic (exact) mass is 501 g/mol. The van der Waals surface area contributed by atoms with Crippen molar-refractivity contribution in [2.24, 2.45) is 12.0 Å². The van der Waals surface area contributed by atoms with E-state index in [1.54, 1.807) is 0 Å². The minimum Gasteiger partial charge on any atom is -0.353 e. The molecule has 0 amide bonds. The quantitative estimate of drug-likeness (QED) is 0.391. The summed E-state index contributed by atoms with van der Waals surface area (Å²) >= 11 is 0. The Morgan fingerprint density at radius 3 is 2.46 bits per heavy atom. The molecule has 3 heterocycles.